The molecule has 2 aromatic rings. The molecule has 0 aromatic heterocycles. The molecular weight excluding hydrogens is 346 g/mol. The number of non-ortho nitro benzene ring substituents is 1. The summed E-state index contributed by atoms with van der Waals surface area (Å²) in [6.45, 7) is 2.47. The van der Waals surface area contributed by atoms with Crippen LogP contribution in [0.15, 0.2) is 58.3 Å². The predicted octanol–water partition coefficient (Wildman–Crippen LogP) is 2.96. The molecule has 0 aliphatic carbocycles. The summed E-state index contributed by atoms with van der Waals surface area (Å²) in [7, 11) is -3.79. The molecule has 0 spiro atoms. The van der Waals surface area contributed by atoms with E-state index in [1.54, 1.807) is 0 Å². The largest absolute Gasteiger partial charge is 0.338 e. The minimum Gasteiger partial charge on any atom is -0.338 e. The van der Waals surface area contributed by atoms with E-state index in [-0.39, 0.29) is 21.5 Å². The van der Waals surface area contributed by atoms with Crippen molar-refractivity contribution in [3.05, 3.63) is 58.6 Å². The molecule has 0 saturated carbocycles. The van der Waals surface area contributed by atoms with Gasteiger partial charge in [0.05, 0.1) is 14.7 Å². The van der Waals surface area contributed by atoms with Crippen LogP contribution < -0.4 is 10.6 Å². The lowest BCUT2D eigenvalue weighted by atomic mass is 10.3. The summed E-state index contributed by atoms with van der Waals surface area (Å²) in [5.41, 5.74) is 0.271. The number of hydrogen-bond acceptors (Lipinski definition) is 5. The second kappa shape index (κ2) is 7.75. The minimum absolute atomic E-state index is 0.0286. The molecule has 0 radical (unpaired) electrons. The molecule has 0 aliphatic rings. The summed E-state index contributed by atoms with van der Waals surface area (Å²) >= 11 is 0. The first-order valence-electron chi connectivity index (χ1n) is 7.49. The molecule has 132 valence electrons. The standard InChI is InChI=1S/C16H17N3O5S/c1-2-11-17-16(20)18-12-3-7-14(8-4-12)25(23,24)15-9-5-13(6-10-15)19(21)22/h3-10H,2,11H2,1H3,(H2,17,18,20). The quantitative estimate of drug-likeness (QED) is 0.604. The third-order valence-corrected chi connectivity index (χ3v) is 5.10. The van der Waals surface area contributed by atoms with E-state index >= 15 is 0 Å². The third-order valence-electron chi connectivity index (χ3n) is 3.32. The average molecular weight is 363 g/mol. The van der Waals surface area contributed by atoms with Gasteiger partial charge in [-0.3, -0.25) is 10.1 Å². The minimum atomic E-state index is -3.79. The van der Waals surface area contributed by atoms with Crippen molar-refractivity contribution in [2.45, 2.75) is 23.1 Å². The van der Waals surface area contributed by atoms with Crippen molar-refractivity contribution >= 4 is 27.2 Å². The highest BCUT2D eigenvalue weighted by Crippen LogP contribution is 2.24. The Morgan fingerprint density at radius 2 is 1.56 bits per heavy atom. The number of sulfone groups is 1. The molecule has 2 amide bonds. The number of nitrogens with one attached hydrogen (secondary N) is 2. The molecule has 25 heavy (non-hydrogen) atoms. The highest BCUT2D eigenvalue weighted by molar-refractivity contribution is 7.91. The van der Waals surface area contributed by atoms with E-state index in [1.807, 2.05) is 6.92 Å². The summed E-state index contributed by atoms with van der Waals surface area (Å²) < 4.78 is 25.0. The zero-order valence-electron chi connectivity index (χ0n) is 13.4. The van der Waals surface area contributed by atoms with Gasteiger partial charge in [0, 0.05) is 24.4 Å². The number of benzene rings is 2. The van der Waals surface area contributed by atoms with E-state index in [1.165, 1.54) is 36.4 Å². The van der Waals surface area contributed by atoms with Crippen LogP contribution in [0.2, 0.25) is 0 Å². The maximum atomic E-state index is 12.5. The van der Waals surface area contributed by atoms with Crippen LogP contribution in [0.3, 0.4) is 0 Å². The number of rotatable bonds is 6. The normalized spacial score (nSPS) is 10.9. The average Bonchev–Trinajstić information content (AvgIpc) is 2.60. The maximum absolute atomic E-state index is 12.5. The third kappa shape index (κ3) is 4.54. The van der Waals surface area contributed by atoms with Crippen molar-refractivity contribution in [2.75, 3.05) is 11.9 Å². The number of carbonyl (C=O) groups is 1. The first-order valence-corrected chi connectivity index (χ1v) is 8.97. The van der Waals surface area contributed by atoms with E-state index in [0.717, 1.165) is 18.6 Å². The highest BCUT2D eigenvalue weighted by atomic mass is 32.2. The topological polar surface area (TPSA) is 118 Å². The molecule has 0 fully saturated rings. The van der Waals surface area contributed by atoms with Gasteiger partial charge in [0.25, 0.3) is 5.69 Å². The van der Waals surface area contributed by atoms with E-state index in [2.05, 4.69) is 10.6 Å². The molecule has 2 aromatic carbocycles. The summed E-state index contributed by atoms with van der Waals surface area (Å²) in [4.78, 5) is 21.6. The van der Waals surface area contributed by atoms with Gasteiger partial charge >= 0.3 is 6.03 Å². The molecule has 0 aliphatic heterocycles. The van der Waals surface area contributed by atoms with Crippen LogP contribution in [-0.4, -0.2) is 25.9 Å². The monoisotopic (exact) mass is 363 g/mol. The lowest BCUT2D eigenvalue weighted by molar-refractivity contribution is -0.384. The van der Waals surface area contributed by atoms with Crippen LogP contribution in [0, 0.1) is 10.1 Å². The van der Waals surface area contributed by atoms with Gasteiger partial charge in [-0.1, -0.05) is 6.92 Å². The van der Waals surface area contributed by atoms with Crippen LogP contribution in [0.25, 0.3) is 0 Å². The second-order valence-corrected chi connectivity index (χ2v) is 7.11. The van der Waals surface area contributed by atoms with Gasteiger partial charge in [0.1, 0.15) is 0 Å². The number of nitrogens with zero attached hydrogens (tertiary/aromatic N) is 1. The fraction of sp³-hybridized carbons (Fsp3) is 0.188. The van der Waals surface area contributed by atoms with Crippen LogP contribution in [0.4, 0.5) is 16.2 Å². The Balaban J connectivity index is 2.17. The molecule has 0 unspecified atom stereocenters. The Morgan fingerprint density at radius 3 is 2.04 bits per heavy atom. The van der Waals surface area contributed by atoms with Gasteiger partial charge in [-0.15, -0.1) is 0 Å². The lowest BCUT2D eigenvalue weighted by Gasteiger charge is -2.08. The van der Waals surface area contributed by atoms with E-state index in [9.17, 15) is 23.3 Å². The Morgan fingerprint density at radius 1 is 1.04 bits per heavy atom. The van der Waals surface area contributed by atoms with Gasteiger partial charge in [0.15, 0.2) is 0 Å². The highest BCUT2D eigenvalue weighted by Gasteiger charge is 2.18. The fourth-order valence-corrected chi connectivity index (χ4v) is 3.28. The van der Waals surface area contributed by atoms with Crippen molar-refractivity contribution in [1.82, 2.24) is 5.32 Å². The Labute approximate surface area is 144 Å². The smallest absolute Gasteiger partial charge is 0.319 e. The fourth-order valence-electron chi connectivity index (χ4n) is 2.01. The molecule has 2 N–H and O–H groups in total. The maximum Gasteiger partial charge on any atom is 0.319 e. The van der Waals surface area contributed by atoms with Crippen LogP contribution in [0.1, 0.15) is 13.3 Å². The van der Waals surface area contributed by atoms with Gasteiger partial charge in [-0.25, -0.2) is 13.2 Å². The van der Waals surface area contributed by atoms with Gasteiger partial charge in [-0.2, -0.15) is 0 Å². The summed E-state index contributed by atoms with van der Waals surface area (Å²) in [5, 5.41) is 15.9. The van der Waals surface area contributed by atoms with Crippen LogP contribution >= 0.6 is 0 Å². The lowest BCUT2D eigenvalue weighted by Crippen LogP contribution is -2.29. The van der Waals surface area contributed by atoms with E-state index in [0.29, 0.717) is 12.2 Å². The van der Waals surface area contributed by atoms with E-state index < -0.39 is 14.8 Å². The molecule has 0 atom stereocenters. The first kappa shape index (κ1) is 18.4. The summed E-state index contributed by atoms with van der Waals surface area (Å²) in [6.07, 6.45) is 0.805. The molecule has 0 heterocycles. The second-order valence-electron chi connectivity index (χ2n) is 5.16. The Hall–Kier alpha value is -2.94. The van der Waals surface area contributed by atoms with Crippen molar-refractivity contribution in [3.63, 3.8) is 0 Å². The number of anilines is 1. The molecular formula is C16H17N3O5S. The zero-order chi connectivity index (χ0) is 18.4. The molecule has 0 saturated heterocycles. The van der Waals surface area contributed by atoms with Gasteiger partial charge in [-0.05, 0) is 42.8 Å². The van der Waals surface area contributed by atoms with Crippen molar-refractivity contribution < 1.29 is 18.1 Å². The molecule has 8 nitrogen and oxygen atoms in total. The van der Waals surface area contributed by atoms with Gasteiger partial charge < -0.3 is 10.6 Å². The van der Waals surface area contributed by atoms with Crippen molar-refractivity contribution in [3.8, 4) is 0 Å². The summed E-state index contributed by atoms with van der Waals surface area (Å²) in [6, 6.07) is 9.98. The molecule has 0 bridgehead atoms. The number of urea groups is 1. The number of hydrogen-bond donors (Lipinski definition) is 2. The first-order chi connectivity index (χ1) is 11.8. The number of nitro benzene ring substituents is 1. The van der Waals surface area contributed by atoms with Crippen molar-refractivity contribution in [1.29, 1.82) is 0 Å². The molecule has 2 rings (SSSR count). The zero-order valence-corrected chi connectivity index (χ0v) is 14.2. The Kier molecular flexibility index (Phi) is 5.71. The van der Waals surface area contributed by atoms with E-state index in [4.69, 9.17) is 0 Å². The SMILES string of the molecule is CCCNC(=O)Nc1ccc(S(=O)(=O)c2ccc([N+](=O)[O-])cc2)cc1. The number of carbonyl (C=O) groups excluding carboxylic acids is 1. The predicted molar refractivity (Wildman–Crippen MR) is 92.3 cm³/mol. The van der Waals surface area contributed by atoms with Crippen LogP contribution in [-0.2, 0) is 9.84 Å². The van der Waals surface area contributed by atoms with Gasteiger partial charge in [0.2, 0.25) is 9.84 Å². The Bertz CT molecular complexity index is 862. The number of nitro groups is 1. The number of amides is 2. The van der Waals surface area contributed by atoms with Crippen LogP contribution in [0.5, 0.6) is 0 Å². The van der Waals surface area contributed by atoms with Crippen molar-refractivity contribution in [2.24, 2.45) is 0 Å². The molecule has 9 heteroatoms. The summed E-state index contributed by atoms with van der Waals surface area (Å²) in [5.74, 6) is 0.